The van der Waals surface area contributed by atoms with E-state index in [1.165, 1.54) is 30.4 Å². The minimum atomic E-state index is -0.718. The minimum absolute atomic E-state index is 0.408. The Labute approximate surface area is 104 Å². The van der Waals surface area contributed by atoms with Gasteiger partial charge in [-0.3, -0.25) is 0 Å². The maximum atomic E-state index is 10.3. The van der Waals surface area contributed by atoms with Crippen LogP contribution in [0.15, 0.2) is 24.3 Å². The van der Waals surface area contributed by atoms with Crippen LogP contribution < -0.4 is 0 Å². The first-order valence-electron chi connectivity index (χ1n) is 6.41. The highest BCUT2D eigenvalue weighted by molar-refractivity contribution is 5.32. The van der Waals surface area contributed by atoms with Gasteiger partial charge in [-0.15, -0.1) is 0 Å². The van der Waals surface area contributed by atoms with E-state index in [-0.39, 0.29) is 0 Å². The molecule has 17 heavy (non-hydrogen) atoms. The van der Waals surface area contributed by atoms with Crippen LogP contribution in [0.25, 0.3) is 0 Å². The van der Waals surface area contributed by atoms with E-state index in [9.17, 15) is 5.11 Å². The Hall–Kier alpha value is -0.860. The lowest BCUT2D eigenvalue weighted by Gasteiger charge is -2.32. The largest absolute Gasteiger partial charge is 0.388 e. The second-order valence-corrected chi connectivity index (χ2v) is 5.42. The molecule has 0 saturated carbocycles. The van der Waals surface area contributed by atoms with E-state index in [0.29, 0.717) is 12.5 Å². The second-order valence-electron chi connectivity index (χ2n) is 5.42. The van der Waals surface area contributed by atoms with Crippen LogP contribution in [0.4, 0.5) is 0 Å². The number of fused-ring (bicyclic) bond motifs is 1. The molecule has 94 valence electrons. The van der Waals surface area contributed by atoms with Crippen molar-refractivity contribution in [2.24, 2.45) is 0 Å². The Balaban J connectivity index is 2.13. The van der Waals surface area contributed by atoms with Crippen LogP contribution in [0, 0.1) is 0 Å². The highest BCUT2D eigenvalue weighted by Crippen LogP contribution is 2.36. The van der Waals surface area contributed by atoms with Crippen LogP contribution in [0.1, 0.15) is 43.2 Å². The van der Waals surface area contributed by atoms with Crippen LogP contribution >= 0.6 is 0 Å². The van der Waals surface area contributed by atoms with E-state index in [2.05, 4.69) is 24.3 Å². The predicted octanol–water partition coefficient (Wildman–Crippen LogP) is 2.89. The molecule has 0 heterocycles. The third-order valence-electron chi connectivity index (χ3n) is 3.64. The molecule has 0 amide bonds. The summed E-state index contributed by atoms with van der Waals surface area (Å²) in [5.41, 5.74) is 2.16. The molecule has 1 N–H and O–H groups in total. The molecular weight excluding hydrogens is 212 g/mol. The van der Waals surface area contributed by atoms with E-state index < -0.39 is 5.60 Å². The molecule has 0 fully saturated rings. The molecule has 0 aliphatic heterocycles. The molecule has 2 heteroatoms. The SMILES string of the molecule is COCC(C)(O)CC1CCCc2ccccc21. The van der Waals surface area contributed by atoms with Crippen molar-refractivity contribution in [2.75, 3.05) is 13.7 Å². The van der Waals surface area contributed by atoms with Crippen LogP contribution in [0.5, 0.6) is 0 Å². The van der Waals surface area contributed by atoms with Crippen LogP contribution in [0.2, 0.25) is 0 Å². The van der Waals surface area contributed by atoms with Crippen molar-refractivity contribution in [1.29, 1.82) is 0 Å². The lowest BCUT2D eigenvalue weighted by Crippen LogP contribution is -2.33. The average molecular weight is 234 g/mol. The van der Waals surface area contributed by atoms with Gasteiger partial charge in [0.05, 0.1) is 12.2 Å². The Morgan fingerprint density at radius 2 is 2.18 bits per heavy atom. The van der Waals surface area contributed by atoms with Gasteiger partial charge in [-0.05, 0) is 49.7 Å². The quantitative estimate of drug-likeness (QED) is 0.868. The van der Waals surface area contributed by atoms with Gasteiger partial charge in [-0.25, -0.2) is 0 Å². The van der Waals surface area contributed by atoms with Crippen molar-refractivity contribution < 1.29 is 9.84 Å². The van der Waals surface area contributed by atoms with Crippen molar-refractivity contribution >= 4 is 0 Å². The van der Waals surface area contributed by atoms with Crippen molar-refractivity contribution in [3.8, 4) is 0 Å². The molecule has 0 radical (unpaired) electrons. The fourth-order valence-corrected chi connectivity index (χ4v) is 2.97. The van der Waals surface area contributed by atoms with Gasteiger partial charge in [0.2, 0.25) is 0 Å². The number of methoxy groups -OCH3 is 1. The van der Waals surface area contributed by atoms with E-state index in [1.807, 2.05) is 6.92 Å². The summed E-state index contributed by atoms with van der Waals surface area (Å²) in [5.74, 6) is 0.477. The first-order chi connectivity index (χ1) is 8.12. The monoisotopic (exact) mass is 234 g/mol. The summed E-state index contributed by atoms with van der Waals surface area (Å²) >= 11 is 0. The van der Waals surface area contributed by atoms with Gasteiger partial charge in [0.15, 0.2) is 0 Å². The molecule has 0 spiro atoms. The van der Waals surface area contributed by atoms with Gasteiger partial charge in [0.25, 0.3) is 0 Å². The standard InChI is InChI=1S/C15H22O2/c1-15(16,11-17-2)10-13-8-5-7-12-6-3-4-9-14(12)13/h3-4,6,9,13,16H,5,7-8,10-11H2,1-2H3. The molecule has 1 aliphatic carbocycles. The zero-order chi connectivity index (χ0) is 12.3. The number of hydrogen-bond acceptors (Lipinski definition) is 2. The second kappa shape index (κ2) is 5.19. The third-order valence-corrected chi connectivity index (χ3v) is 3.64. The number of rotatable bonds is 4. The summed E-state index contributed by atoms with van der Waals surface area (Å²) in [6, 6.07) is 8.63. The molecule has 1 aliphatic rings. The van der Waals surface area contributed by atoms with Gasteiger partial charge < -0.3 is 9.84 Å². The first kappa shape index (κ1) is 12.6. The van der Waals surface area contributed by atoms with E-state index in [1.54, 1.807) is 7.11 Å². The number of ether oxygens (including phenoxy) is 1. The Morgan fingerprint density at radius 1 is 1.41 bits per heavy atom. The maximum absolute atomic E-state index is 10.3. The predicted molar refractivity (Wildman–Crippen MR) is 69.2 cm³/mol. The summed E-state index contributed by atoms with van der Waals surface area (Å²) < 4.78 is 5.09. The van der Waals surface area contributed by atoms with Crippen LogP contribution in [0.3, 0.4) is 0 Å². The molecule has 2 nitrogen and oxygen atoms in total. The topological polar surface area (TPSA) is 29.5 Å². The number of benzene rings is 1. The van der Waals surface area contributed by atoms with Crippen molar-refractivity contribution in [1.82, 2.24) is 0 Å². The summed E-state index contributed by atoms with van der Waals surface area (Å²) in [6.07, 6.45) is 4.37. The van der Waals surface area contributed by atoms with E-state index in [4.69, 9.17) is 4.74 Å². The van der Waals surface area contributed by atoms with Crippen molar-refractivity contribution in [3.05, 3.63) is 35.4 Å². The summed E-state index contributed by atoms with van der Waals surface area (Å²) in [7, 11) is 1.64. The number of aryl methyl sites for hydroxylation is 1. The molecule has 1 aromatic carbocycles. The first-order valence-corrected chi connectivity index (χ1v) is 6.41. The molecule has 0 saturated heterocycles. The lowest BCUT2D eigenvalue weighted by atomic mass is 9.77. The highest BCUT2D eigenvalue weighted by atomic mass is 16.5. The highest BCUT2D eigenvalue weighted by Gasteiger charge is 2.29. The summed E-state index contributed by atoms with van der Waals surface area (Å²) in [4.78, 5) is 0. The Morgan fingerprint density at radius 3 is 2.94 bits per heavy atom. The smallest absolute Gasteiger partial charge is 0.0857 e. The molecule has 2 rings (SSSR count). The van der Waals surface area contributed by atoms with Gasteiger partial charge in [-0.2, -0.15) is 0 Å². The van der Waals surface area contributed by atoms with Crippen molar-refractivity contribution in [2.45, 2.75) is 44.1 Å². The van der Waals surface area contributed by atoms with E-state index >= 15 is 0 Å². The lowest BCUT2D eigenvalue weighted by molar-refractivity contribution is -0.0282. The summed E-state index contributed by atoms with van der Waals surface area (Å²) in [5, 5.41) is 10.3. The number of hydrogen-bond donors (Lipinski definition) is 1. The number of aliphatic hydroxyl groups is 1. The zero-order valence-electron chi connectivity index (χ0n) is 10.8. The molecular formula is C15H22O2. The maximum Gasteiger partial charge on any atom is 0.0857 e. The summed E-state index contributed by atoms with van der Waals surface area (Å²) in [6.45, 7) is 2.28. The van der Waals surface area contributed by atoms with Crippen LogP contribution in [-0.4, -0.2) is 24.4 Å². The van der Waals surface area contributed by atoms with Crippen molar-refractivity contribution in [3.63, 3.8) is 0 Å². The van der Waals surface area contributed by atoms with Gasteiger partial charge >= 0.3 is 0 Å². The fraction of sp³-hybridized carbons (Fsp3) is 0.600. The Bertz CT molecular complexity index is 371. The van der Waals surface area contributed by atoms with Crippen LogP contribution in [-0.2, 0) is 11.2 Å². The van der Waals surface area contributed by atoms with E-state index in [0.717, 1.165) is 6.42 Å². The van der Waals surface area contributed by atoms with Gasteiger partial charge in [0, 0.05) is 7.11 Å². The molecule has 2 atom stereocenters. The molecule has 0 bridgehead atoms. The molecule has 1 aromatic rings. The molecule has 2 unspecified atom stereocenters. The average Bonchev–Trinajstić information content (AvgIpc) is 2.29. The van der Waals surface area contributed by atoms with Gasteiger partial charge in [-0.1, -0.05) is 24.3 Å². The Kier molecular flexibility index (Phi) is 3.85. The minimum Gasteiger partial charge on any atom is -0.388 e. The fourth-order valence-electron chi connectivity index (χ4n) is 2.97. The van der Waals surface area contributed by atoms with Gasteiger partial charge in [0.1, 0.15) is 0 Å². The normalized spacial score (nSPS) is 22.9. The molecule has 0 aromatic heterocycles. The third kappa shape index (κ3) is 3.08. The zero-order valence-corrected chi connectivity index (χ0v) is 10.8.